The van der Waals surface area contributed by atoms with Crippen LogP contribution in [0.2, 0.25) is 0 Å². The van der Waals surface area contributed by atoms with E-state index < -0.39 is 0 Å². The molecule has 0 spiro atoms. The van der Waals surface area contributed by atoms with Crippen molar-refractivity contribution >= 4 is 23.4 Å². The highest BCUT2D eigenvalue weighted by atomic mass is 32.1. The zero-order chi connectivity index (χ0) is 13.6. The number of aromatic amines is 1. The normalized spacial score (nSPS) is 11.3. The van der Waals surface area contributed by atoms with Crippen LogP contribution in [0.1, 0.15) is 16.8 Å². The van der Waals surface area contributed by atoms with Crippen LogP contribution in [0.5, 0.6) is 0 Å². The van der Waals surface area contributed by atoms with Crippen molar-refractivity contribution in [3.05, 3.63) is 40.1 Å². The lowest BCUT2D eigenvalue weighted by atomic mass is 10.2. The van der Waals surface area contributed by atoms with E-state index in [1.165, 1.54) is 0 Å². The molecule has 1 N–H and O–H groups in total. The number of fused-ring (bicyclic) bond motifs is 1. The Hall–Kier alpha value is -1.95. The predicted molar refractivity (Wildman–Crippen MR) is 76.7 cm³/mol. The second-order valence-electron chi connectivity index (χ2n) is 4.72. The standard InChI is InChI=1S/C13H15N5S/c1-8-4-5-14-12-11(8)16-13(19)18(12)7-10-6-15-17(3)9(10)2/h4-6H,7H2,1-3H3,(H,16,19). The summed E-state index contributed by atoms with van der Waals surface area (Å²) in [6.45, 7) is 4.80. The first-order chi connectivity index (χ1) is 9.08. The maximum atomic E-state index is 5.40. The molecule has 0 aliphatic rings. The second-order valence-corrected chi connectivity index (χ2v) is 5.11. The van der Waals surface area contributed by atoms with Crippen LogP contribution < -0.4 is 0 Å². The number of aromatic nitrogens is 5. The molecule has 0 radical (unpaired) electrons. The van der Waals surface area contributed by atoms with Crippen molar-refractivity contribution in [1.82, 2.24) is 24.3 Å². The van der Waals surface area contributed by atoms with Gasteiger partial charge in [0.25, 0.3) is 0 Å². The number of nitrogens with one attached hydrogen (secondary N) is 1. The van der Waals surface area contributed by atoms with Gasteiger partial charge in [-0.05, 0) is 37.7 Å². The maximum absolute atomic E-state index is 5.40. The average Bonchev–Trinajstić information content (AvgIpc) is 2.86. The molecular formula is C13H15N5S. The number of aryl methyl sites for hydroxylation is 2. The molecule has 0 aliphatic heterocycles. The lowest BCUT2D eigenvalue weighted by Gasteiger charge is -2.04. The van der Waals surface area contributed by atoms with E-state index in [9.17, 15) is 0 Å². The van der Waals surface area contributed by atoms with Crippen LogP contribution in [0.25, 0.3) is 11.2 Å². The Balaban J connectivity index is 2.16. The lowest BCUT2D eigenvalue weighted by Crippen LogP contribution is -2.02. The van der Waals surface area contributed by atoms with E-state index in [1.807, 2.05) is 34.8 Å². The summed E-state index contributed by atoms with van der Waals surface area (Å²) < 4.78 is 4.58. The first-order valence-corrected chi connectivity index (χ1v) is 6.50. The summed E-state index contributed by atoms with van der Waals surface area (Å²) >= 11 is 5.40. The van der Waals surface area contributed by atoms with Crippen molar-refractivity contribution in [2.75, 3.05) is 0 Å². The average molecular weight is 273 g/mol. The van der Waals surface area contributed by atoms with Crippen molar-refractivity contribution in [2.45, 2.75) is 20.4 Å². The third kappa shape index (κ3) is 1.88. The molecule has 0 saturated carbocycles. The Morgan fingerprint density at radius 2 is 2.16 bits per heavy atom. The highest BCUT2D eigenvalue weighted by Gasteiger charge is 2.10. The molecule has 5 nitrogen and oxygen atoms in total. The number of rotatable bonds is 2. The topological polar surface area (TPSA) is 51.4 Å². The van der Waals surface area contributed by atoms with E-state index in [0.29, 0.717) is 11.3 Å². The van der Waals surface area contributed by atoms with E-state index in [2.05, 4.69) is 28.9 Å². The fraction of sp³-hybridized carbons (Fsp3) is 0.308. The molecule has 6 heteroatoms. The van der Waals surface area contributed by atoms with E-state index in [4.69, 9.17) is 12.2 Å². The molecular weight excluding hydrogens is 258 g/mol. The minimum atomic E-state index is 0.689. The fourth-order valence-corrected chi connectivity index (χ4v) is 2.44. The van der Waals surface area contributed by atoms with Gasteiger partial charge in [-0.25, -0.2) is 4.98 Å². The summed E-state index contributed by atoms with van der Waals surface area (Å²) in [6.07, 6.45) is 3.69. The molecule has 3 aromatic rings. The fourth-order valence-electron chi connectivity index (χ4n) is 2.19. The van der Waals surface area contributed by atoms with Crippen LogP contribution in [0.3, 0.4) is 0 Å². The molecule has 0 saturated heterocycles. The van der Waals surface area contributed by atoms with Crippen molar-refractivity contribution in [2.24, 2.45) is 7.05 Å². The smallest absolute Gasteiger partial charge is 0.179 e. The van der Waals surface area contributed by atoms with Crippen LogP contribution in [0.4, 0.5) is 0 Å². The van der Waals surface area contributed by atoms with Gasteiger partial charge < -0.3 is 4.98 Å². The summed E-state index contributed by atoms with van der Waals surface area (Å²) in [5, 5.41) is 4.26. The molecule has 0 bridgehead atoms. The molecule has 3 rings (SSSR count). The first kappa shape index (κ1) is 12.1. The van der Waals surface area contributed by atoms with Crippen LogP contribution in [-0.2, 0) is 13.6 Å². The molecule has 0 unspecified atom stereocenters. The SMILES string of the molecule is Cc1ccnc2c1[nH]c(=S)n2Cc1cnn(C)c1C. The molecule has 3 aromatic heterocycles. The lowest BCUT2D eigenvalue weighted by molar-refractivity contribution is 0.731. The second kappa shape index (κ2) is 4.31. The van der Waals surface area contributed by atoms with Gasteiger partial charge in [0.2, 0.25) is 0 Å². The summed E-state index contributed by atoms with van der Waals surface area (Å²) in [5.74, 6) is 0. The molecule has 0 aliphatic carbocycles. The zero-order valence-corrected chi connectivity index (χ0v) is 12.0. The van der Waals surface area contributed by atoms with Crippen LogP contribution in [0, 0.1) is 18.6 Å². The maximum Gasteiger partial charge on any atom is 0.179 e. The highest BCUT2D eigenvalue weighted by Crippen LogP contribution is 2.17. The number of hydrogen-bond donors (Lipinski definition) is 1. The Bertz CT molecular complexity index is 808. The molecule has 0 amide bonds. The molecule has 98 valence electrons. The number of pyridine rings is 1. The highest BCUT2D eigenvalue weighted by molar-refractivity contribution is 7.71. The van der Waals surface area contributed by atoms with Gasteiger partial charge in [-0.3, -0.25) is 9.25 Å². The molecule has 0 atom stereocenters. The van der Waals surface area contributed by atoms with Crippen LogP contribution in [0.15, 0.2) is 18.5 Å². The Labute approximate surface area is 115 Å². The summed E-state index contributed by atoms with van der Waals surface area (Å²) in [6, 6.07) is 1.98. The quantitative estimate of drug-likeness (QED) is 0.730. The third-order valence-electron chi connectivity index (χ3n) is 3.54. The largest absolute Gasteiger partial charge is 0.329 e. The van der Waals surface area contributed by atoms with Gasteiger partial charge in [0.15, 0.2) is 10.4 Å². The van der Waals surface area contributed by atoms with Gasteiger partial charge in [0.05, 0.1) is 18.3 Å². The molecule has 3 heterocycles. The number of hydrogen-bond acceptors (Lipinski definition) is 3. The van der Waals surface area contributed by atoms with Gasteiger partial charge in [-0.15, -0.1) is 0 Å². The predicted octanol–water partition coefficient (Wildman–Crippen LogP) is 2.49. The van der Waals surface area contributed by atoms with Crippen LogP contribution >= 0.6 is 12.2 Å². The van der Waals surface area contributed by atoms with Gasteiger partial charge in [-0.2, -0.15) is 5.10 Å². The number of H-pyrrole nitrogens is 1. The van der Waals surface area contributed by atoms with E-state index >= 15 is 0 Å². The zero-order valence-electron chi connectivity index (χ0n) is 11.1. The molecule has 0 fully saturated rings. The van der Waals surface area contributed by atoms with E-state index in [-0.39, 0.29) is 0 Å². The van der Waals surface area contributed by atoms with Gasteiger partial charge >= 0.3 is 0 Å². The minimum absolute atomic E-state index is 0.689. The van der Waals surface area contributed by atoms with Gasteiger partial charge in [-0.1, -0.05) is 0 Å². The van der Waals surface area contributed by atoms with E-state index in [0.717, 1.165) is 28.0 Å². The first-order valence-electron chi connectivity index (χ1n) is 6.09. The molecule has 19 heavy (non-hydrogen) atoms. The number of nitrogens with zero attached hydrogens (tertiary/aromatic N) is 4. The Kier molecular flexibility index (Phi) is 2.74. The Morgan fingerprint density at radius 1 is 1.37 bits per heavy atom. The van der Waals surface area contributed by atoms with Gasteiger partial charge in [0, 0.05) is 24.5 Å². The third-order valence-corrected chi connectivity index (χ3v) is 3.86. The Morgan fingerprint density at radius 3 is 2.84 bits per heavy atom. The monoisotopic (exact) mass is 273 g/mol. The van der Waals surface area contributed by atoms with E-state index in [1.54, 1.807) is 0 Å². The minimum Gasteiger partial charge on any atom is -0.329 e. The summed E-state index contributed by atoms with van der Waals surface area (Å²) in [7, 11) is 1.94. The summed E-state index contributed by atoms with van der Waals surface area (Å²) in [4.78, 5) is 7.66. The molecule has 0 aromatic carbocycles. The number of imidazole rings is 1. The van der Waals surface area contributed by atoms with Crippen LogP contribution in [-0.4, -0.2) is 24.3 Å². The van der Waals surface area contributed by atoms with Crippen molar-refractivity contribution in [3.8, 4) is 0 Å². The van der Waals surface area contributed by atoms with Gasteiger partial charge in [0.1, 0.15) is 0 Å². The van der Waals surface area contributed by atoms with Crippen molar-refractivity contribution < 1.29 is 0 Å². The summed E-state index contributed by atoms with van der Waals surface area (Å²) in [5.41, 5.74) is 5.35. The van der Waals surface area contributed by atoms with Crippen molar-refractivity contribution in [3.63, 3.8) is 0 Å². The van der Waals surface area contributed by atoms with Crippen molar-refractivity contribution in [1.29, 1.82) is 0 Å².